The van der Waals surface area contributed by atoms with Gasteiger partial charge in [-0.25, -0.2) is 9.59 Å². The number of fused-ring (bicyclic) bond motifs is 1. The molecule has 2 aromatic carbocycles. The van der Waals surface area contributed by atoms with Gasteiger partial charge in [-0.1, -0.05) is 38.1 Å². The molecule has 0 atom stereocenters. The SMILES string of the molecule is CC.COC(=O)Nc1ccc(-c2ncc3c(ccn3CC3CCN(C(=O)OC(C)(C)C)CC3)c2-c2ccc(C#N)cc2)cc1. The normalized spacial score (nSPS) is 13.4. The first-order chi connectivity index (χ1) is 21.1. The number of nitriles is 1. The molecule has 0 radical (unpaired) electrons. The van der Waals surface area contributed by atoms with Crippen molar-refractivity contribution in [2.24, 2.45) is 5.92 Å². The van der Waals surface area contributed by atoms with E-state index in [4.69, 9.17) is 14.5 Å². The van der Waals surface area contributed by atoms with Crippen LogP contribution in [0.4, 0.5) is 15.3 Å². The molecule has 0 saturated carbocycles. The molecule has 1 fully saturated rings. The molecule has 9 heteroatoms. The second-order valence-corrected chi connectivity index (χ2v) is 11.5. The Balaban J connectivity index is 0.00000216. The number of carbonyl (C=O) groups is 2. The van der Waals surface area contributed by atoms with Crippen LogP contribution < -0.4 is 5.32 Å². The van der Waals surface area contributed by atoms with E-state index >= 15 is 0 Å². The third-order valence-electron chi connectivity index (χ3n) is 7.44. The maximum Gasteiger partial charge on any atom is 0.411 e. The first kappa shape index (κ1) is 32.1. The molecule has 2 amide bonds. The quantitative estimate of drug-likeness (QED) is 0.250. The number of amides is 2. The van der Waals surface area contributed by atoms with Crippen LogP contribution in [-0.2, 0) is 16.0 Å². The van der Waals surface area contributed by atoms with E-state index in [-0.39, 0.29) is 6.09 Å². The molecular weight excluding hydrogens is 554 g/mol. The maximum absolute atomic E-state index is 12.5. The summed E-state index contributed by atoms with van der Waals surface area (Å²) in [5.41, 5.74) is 5.38. The topological polar surface area (TPSA) is 109 Å². The second-order valence-electron chi connectivity index (χ2n) is 11.5. The number of pyridine rings is 1. The van der Waals surface area contributed by atoms with Crippen molar-refractivity contribution in [1.29, 1.82) is 5.26 Å². The van der Waals surface area contributed by atoms with Crippen molar-refractivity contribution < 1.29 is 19.1 Å². The van der Waals surface area contributed by atoms with Crippen LogP contribution in [0, 0.1) is 17.2 Å². The van der Waals surface area contributed by atoms with Gasteiger partial charge in [-0.05, 0) is 75.4 Å². The van der Waals surface area contributed by atoms with E-state index in [1.165, 1.54) is 7.11 Å². The predicted octanol–water partition coefficient (Wildman–Crippen LogP) is 8.09. The minimum absolute atomic E-state index is 0.245. The number of carbonyl (C=O) groups excluding carboxylic acids is 2. The van der Waals surface area contributed by atoms with Gasteiger partial charge in [0.2, 0.25) is 0 Å². The van der Waals surface area contributed by atoms with E-state index in [0.717, 1.165) is 52.7 Å². The summed E-state index contributed by atoms with van der Waals surface area (Å²) < 4.78 is 12.5. The number of rotatable bonds is 5. The zero-order valence-corrected chi connectivity index (χ0v) is 26.4. The van der Waals surface area contributed by atoms with E-state index in [9.17, 15) is 14.9 Å². The van der Waals surface area contributed by atoms with Gasteiger partial charge in [0.25, 0.3) is 0 Å². The van der Waals surface area contributed by atoms with Crippen LogP contribution in [-0.4, -0.2) is 52.4 Å². The summed E-state index contributed by atoms with van der Waals surface area (Å²) in [5.74, 6) is 0.423. The Morgan fingerprint density at radius 1 is 1.00 bits per heavy atom. The lowest BCUT2D eigenvalue weighted by atomic mass is 9.95. The largest absolute Gasteiger partial charge is 0.453 e. The molecular formula is C35H41N5O4. The number of ether oxygens (including phenoxy) is 2. The van der Waals surface area contributed by atoms with E-state index in [1.54, 1.807) is 4.90 Å². The number of aromatic nitrogens is 2. The third kappa shape index (κ3) is 7.56. The lowest BCUT2D eigenvalue weighted by Crippen LogP contribution is -2.42. The summed E-state index contributed by atoms with van der Waals surface area (Å²) in [7, 11) is 1.33. The van der Waals surface area contributed by atoms with Crippen molar-refractivity contribution in [2.75, 3.05) is 25.5 Å². The molecule has 230 valence electrons. The highest BCUT2D eigenvalue weighted by Gasteiger charge is 2.27. The number of hydrogen-bond acceptors (Lipinski definition) is 6. The molecule has 0 bridgehead atoms. The van der Waals surface area contributed by atoms with Crippen LogP contribution in [0.3, 0.4) is 0 Å². The molecule has 2 aromatic heterocycles. The van der Waals surface area contributed by atoms with Crippen molar-refractivity contribution in [3.8, 4) is 28.5 Å². The van der Waals surface area contributed by atoms with E-state index in [1.807, 2.05) is 89.3 Å². The Bertz CT molecular complexity index is 1620. The molecule has 0 aliphatic carbocycles. The average Bonchev–Trinajstić information content (AvgIpc) is 3.44. The lowest BCUT2D eigenvalue weighted by molar-refractivity contribution is 0.0178. The molecule has 9 nitrogen and oxygen atoms in total. The van der Waals surface area contributed by atoms with Crippen LogP contribution in [0.5, 0.6) is 0 Å². The fourth-order valence-electron chi connectivity index (χ4n) is 5.32. The minimum atomic E-state index is -0.530. The Morgan fingerprint density at radius 2 is 1.64 bits per heavy atom. The van der Waals surface area contributed by atoms with Crippen LogP contribution in [0.25, 0.3) is 33.3 Å². The van der Waals surface area contributed by atoms with Crippen molar-refractivity contribution in [3.05, 3.63) is 72.6 Å². The number of nitrogens with zero attached hydrogens (tertiary/aromatic N) is 4. The molecule has 0 spiro atoms. The van der Waals surface area contributed by atoms with Crippen molar-refractivity contribution >= 4 is 28.8 Å². The third-order valence-corrected chi connectivity index (χ3v) is 7.44. The van der Waals surface area contributed by atoms with Gasteiger partial charge in [0.15, 0.2) is 0 Å². The number of likely N-dealkylation sites (tertiary alicyclic amines) is 1. The van der Waals surface area contributed by atoms with Gasteiger partial charge in [0.1, 0.15) is 5.60 Å². The second kappa shape index (κ2) is 14.1. The summed E-state index contributed by atoms with van der Waals surface area (Å²) in [6.07, 6.45) is 5.04. The van der Waals surface area contributed by atoms with Gasteiger partial charge in [0.05, 0.1) is 36.1 Å². The molecule has 5 rings (SSSR count). The highest BCUT2D eigenvalue weighted by molar-refractivity contribution is 6.01. The number of anilines is 1. The van der Waals surface area contributed by atoms with Crippen LogP contribution in [0.15, 0.2) is 67.0 Å². The zero-order valence-electron chi connectivity index (χ0n) is 26.4. The number of benzene rings is 2. The van der Waals surface area contributed by atoms with E-state index in [0.29, 0.717) is 30.3 Å². The Kier molecular flexibility index (Phi) is 10.3. The number of methoxy groups -OCH3 is 1. The standard InChI is InChI=1S/C33H35N5O4.C2H6/c1-33(2,3)42-32(40)37-16-13-23(14-17-37)21-38-18-15-27-28(38)20-35-30(29(27)24-7-5-22(19-34)6-8-24)25-9-11-26(12-10-25)36-31(39)41-4;1-2/h5-12,15,18,20,23H,13-14,16-17,21H2,1-4H3,(H,36,39);1-2H3. The summed E-state index contributed by atoms with van der Waals surface area (Å²) in [5, 5.41) is 13.1. The van der Waals surface area contributed by atoms with Crippen molar-refractivity contribution in [3.63, 3.8) is 0 Å². The highest BCUT2D eigenvalue weighted by Crippen LogP contribution is 2.38. The fraction of sp³-hybridized carbons (Fsp3) is 0.371. The smallest absolute Gasteiger partial charge is 0.411 e. The van der Waals surface area contributed by atoms with Gasteiger partial charge in [-0.2, -0.15) is 5.26 Å². The first-order valence-corrected chi connectivity index (χ1v) is 15.1. The monoisotopic (exact) mass is 595 g/mol. The summed E-state index contributed by atoms with van der Waals surface area (Å²) in [4.78, 5) is 30.9. The summed E-state index contributed by atoms with van der Waals surface area (Å²) in [6, 6.07) is 19.3. The van der Waals surface area contributed by atoms with Gasteiger partial charge in [0, 0.05) is 48.0 Å². The Labute approximate surface area is 259 Å². The van der Waals surface area contributed by atoms with Crippen LogP contribution in [0.2, 0.25) is 0 Å². The predicted molar refractivity (Wildman–Crippen MR) is 173 cm³/mol. The van der Waals surface area contributed by atoms with E-state index < -0.39 is 11.7 Å². The maximum atomic E-state index is 12.5. The van der Waals surface area contributed by atoms with Gasteiger partial charge in [-0.15, -0.1) is 0 Å². The summed E-state index contributed by atoms with van der Waals surface area (Å²) >= 11 is 0. The van der Waals surface area contributed by atoms with Crippen molar-refractivity contribution in [1.82, 2.24) is 14.5 Å². The average molecular weight is 596 g/mol. The molecule has 1 N–H and O–H groups in total. The lowest BCUT2D eigenvalue weighted by Gasteiger charge is -2.33. The minimum Gasteiger partial charge on any atom is -0.453 e. The molecule has 1 aliphatic heterocycles. The molecule has 44 heavy (non-hydrogen) atoms. The first-order valence-electron chi connectivity index (χ1n) is 15.1. The number of piperidine rings is 1. The molecule has 1 aliphatic rings. The number of hydrogen-bond donors (Lipinski definition) is 1. The Morgan fingerprint density at radius 3 is 2.23 bits per heavy atom. The molecule has 4 aromatic rings. The number of nitrogens with one attached hydrogen (secondary N) is 1. The van der Waals surface area contributed by atoms with Crippen LogP contribution in [0.1, 0.15) is 53.0 Å². The Hall–Kier alpha value is -4.84. The van der Waals surface area contributed by atoms with Gasteiger partial charge in [-0.3, -0.25) is 10.3 Å². The zero-order chi connectivity index (χ0) is 31.9. The molecule has 1 saturated heterocycles. The van der Waals surface area contributed by atoms with Gasteiger partial charge >= 0.3 is 12.2 Å². The summed E-state index contributed by atoms with van der Waals surface area (Å²) in [6.45, 7) is 11.8. The van der Waals surface area contributed by atoms with Crippen LogP contribution >= 0.6 is 0 Å². The fourth-order valence-corrected chi connectivity index (χ4v) is 5.32. The van der Waals surface area contributed by atoms with E-state index in [2.05, 4.69) is 28.2 Å². The molecule has 0 unspecified atom stereocenters. The highest BCUT2D eigenvalue weighted by atomic mass is 16.6. The van der Waals surface area contributed by atoms with Crippen molar-refractivity contribution in [2.45, 2.75) is 59.6 Å². The van der Waals surface area contributed by atoms with Gasteiger partial charge < -0.3 is 18.9 Å². The molecule has 3 heterocycles.